The molecule has 0 aliphatic carbocycles. The fourth-order valence-electron chi connectivity index (χ4n) is 3.16. The number of rotatable bonds is 7. The van der Waals surface area contributed by atoms with E-state index in [4.69, 9.17) is 4.74 Å². The van der Waals surface area contributed by atoms with Crippen LogP contribution in [0.3, 0.4) is 0 Å². The molecule has 1 saturated heterocycles. The maximum atomic E-state index is 12.7. The predicted octanol–water partition coefficient (Wildman–Crippen LogP) is 2.55. The van der Waals surface area contributed by atoms with Crippen LogP contribution in [0, 0.1) is 0 Å². The number of benzene rings is 2. The van der Waals surface area contributed by atoms with E-state index in [2.05, 4.69) is 5.32 Å². The van der Waals surface area contributed by atoms with Crippen LogP contribution >= 0.6 is 0 Å². The van der Waals surface area contributed by atoms with Gasteiger partial charge in [0, 0.05) is 32.3 Å². The molecule has 1 aliphatic rings. The van der Waals surface area contributed by atoms with Gasteiger partial charge in [0.25, 0.3) is 5.91 Å². The zero-order valence-electron chi connectivity index (χ0n) is 15.3. The number of nitrogens with zero attached hydrogens (tertiary/aromatic N) is 1. The standard InChI is InChI=1S/C20H24N2O4S/c1-26-15-17-7-4-6-16(12-17)14-21-20(23)18-8-5-9-19(13-18)27(24,25)22-10-2-3-11-22/h4-9,12-13H,2-3,10-11,14-15H2,1H3,(H,21,23). The van der Waals surface area contributed by atoms with Crippen molar-refractivity contribution in [1.29, 1.82) is 0 Å². The molecule has 0 unspecified atom stereocenters. The third kappa shape index (κ3) is 4.74. The average Bonchev–Trinajstić information content (AvgIpc) is 3.22. The lowest BCUT2D eigenvalue weighted by Gasteiger charge is -2.16. The fraction of sp³-hybridized carbons (Fsp3) is 0.350. The molecule has 1 heterocycles. The molecule has 0 aromatic heterocycles. The molecule has 27 heavy (non-hydrogen) atoms. The van der Waals surface area contributed by atoms with Crippen molar-refractivity contribution in [2.45, 2.75) is 30.9 Å². The van der Waals surface area contributed by atoms with Crippen LogP contribution in [-0.2, 0) is 27.9 Å². The van der Waals surface area contributed by atoms with Crippen molar-refractivity contribution >= 4 is 15.9 Å². The van der Waals surface area contributed by atoms with E-state index in [1.165, 1.54) is 10.4 Å². The van der Waals surface area contributed by atoms with E-state index >= 15 is 0 Å². The van der Waals surface area contributed by atoms with Gasteiger partial charge in [0.15, 0.2) is 0 Å². The summed E-state index contributed by atoms with van der Waals surface area (Å²) in [5.74, 6) is -0.300. The minimum Gasteiger partial charge on any atom is -0.380 e. The van der Waals surface area contributed by atoms with Crippen molar-refractivity contribution in [2.75, 3.05) is 20.2 Å². The van der Waals surface area contributed by atoms with Crippen molar-refractivity contribution in [3.63, 3.8) is 0 Å². The first-order valence-corrected chi connectivity index (χ1v) is 10.4. The van der Waals surface area contributed by atoms with Crippen LogP contribution in [0.5, 0.6) is 0 Å². The Morgan fingerprint density at radius 1 is 1.07 bits per heavy atom. The summed E-state index contributed by atoms with van der Waals surface area (Å²) in [5.41, 5.74) is 2.32. The summed E-state index contributed by atoms with van der Waals surface area (Å²) in [7, 11) is -1.90. The SMILES string of the molecule is COCc1cccc(CNC(=O)c2cccc(S(=O)(=O)N3CCCC3)c2)c1. The maximum absolute atomic E-state index is 12.7. The van der Waals surface area contributed by atoms with Crippen molar-refractivity contribution in [3.8, 4) is 0 Å². The number of hydrogen-bond acceptors (Lipinski definition) is 4. The number of methoxy groups -OCH3 is 1. The number of hydrogen-bond donors (Lipinski definition) is 1. The van der Waals surface area contributed by atoms with Crippen LogP contribution in [0.25, 0.3) is 0 Å². The summed E-state index contributed by atoms with van der Waals surface area (Å²) in [5, 5.41) is 2.84. The summed E-state index contributed by atoms with van der Waals surface area (Å²) < 4.78 is 31.9. The Morgan fingerprint density at radius 3 is 2.52 bits per heavy atom. The van der Waals surface area contributed by atoms with Crippen LogP contribution in [0.1, 0.15) is 34.3 Å². The third-order valence-electron chi connectivity index (χ3n) is 4.55. The molecule has 0 atom stereocenters. The van der Waals surface area contributed by atoms with Crippen LogP contribution in [-0.4, -0.2) is 38.8 Å². The van der Waals surface area contributed by atoms with Crippen LogP contribution in [0.2, 0.25) is 0 Å². The van der Waals surface area contributed by atoms with Gasteiger partial charge in [-0.15, -0.1) is 0 Å². The van der Waals surface area contributed by atoms with E-state index in [-0.39, 0.29) is 10.8 Å². The van der Waals surface area contributed by atoms with Crippen LogP contribution < -0.4 is 5.32 Å². The quantitative estimate of drug-likeness (QED) is 0.791. The first kappa shape index (κ1) is 19.5. The highest BCUT2D eigenvalue weighted by atomic mass is 32.2. The lowest BCUT2D eigenvalue weighted by atomic mass is 10.1. The van der Waals surface area contributed by atoms with Gasteiger partial charge in [-0.05, 0) is 42.2 Å². The molecule has 2 aromatic rings. The van der Waals surface area contributed by atoms with Gasteiger partial charge < -0.3 is 10.1 Å². The molecule has 0 spiro atoms. The van der Waals surface area contributed by atoms with E-state index in [0.717, 1.165) is 24.0 Å². The summed E-state index contributed by atoms with van der Waals surface area (Å²) in [4.78, 5) is 12.7. The number of carbonyl (C=O) groups excluding carboxylic acids is 1. The lowest BCUT2D eigenvalue weighted by molar-refractivity contribution is 0.0950. The van der Waals surface area contributed by atoms with E-state index in [1.807, 2.05) is 24.3 Å². The molecule has 0 bridgehead atoms. The first-order valence-electron chi connectivity index (χ1n) is 8.96. The Bertz CT molecular complexity index is 906. The number of amides is 1. The van der Waals surface area contributed by atoms with Gasteiger partial charge in [-0.2, -0.15) is 4.31 Å². The van der Waals surface area contributed by atoms with E-state index in [0.29, 0.717) is 31.8 Å². The van der Waals surface area contributed by atoms with Crippen molar-refractivity contribution < 1.29 is 17.9 Å². The largest absolute Gasteiger partial charge is 0.380 e. The molecular weight excluding hydrogens is 364 g/mol. The second-order valence-electron chi connectivity index (χ2n) is 6.57. The zero-order valence-corrected chi connectivity index (χ0v) is 16.2. The summed E-state index contributed by atoms with van der Waals surface area (Å²) in [6.07, 6.45) is 1.75. The number of sulfonamides is 1. The number of ether oxygens (including phenoxy) is 1. The van der Waals surface area contributed by atoms with Crippen LogP contribution in [0.4, 0.5) is 0 Å². The highest BCUT2D eigenvalue weighted by Crippen LogP contribution is 2.21. The molecule has 1 N–H and O–H groups in total. The first-order chi connectivity index (χ1) is 13.0. The Morgan fingerprint density at radius 2 is 1.78 bits per heavy atom. The monoisotopic (exact) mass is 388 g/mol. The molecule has 0 radical (unpaired) electrons. The Balaban J connectivity index is 1.69. The predicted molar refractivity (Wildman–Crippen MR) is 103 cm³/mol. The summed E-state index contributed by atoms with van der Waals surface area (Å²) >= 11 is 0. The molecule has 2 aromatic carbocycles. The lowest BCUT2D eigenvalue weighted by Crippen LogP contribution is -2.28. The molecule has 0 saturated carbocycles. The zero-order chi connectivity index (χ0) is 19.3. The van der Waals surface area contributed by atoms with Crippen molar-refractivity contribution in [2.24, 2.45) is 0 Å². The van der Waals surface area contributed by atoms with Crippen LogP contribution in [0.15, 0.2) is 53.4 Å². The molecule has 6 nitrogen and oxygen atoms in total. The van der Waals surface area contributed by atoms with Crippen molar-refractivity contribution in [1.82, 2.24) is 9.62 Å². The Hall–Kier alpha value is -2.22. The molecule has 7 heteroatoms. The Labute approximate surface area is 160 Å². The Kier molecular flexibility index (Phi) is 6.26. The third-order valence-corrected chi connectivity index (χ3v) is 6.45. The van der Waals surface area contributed by atoms with E-state index in [9.17, 15) is 13.2 Å². The number of nitrogens with one attached hydrogen (secondary N) is 1. The van der Waals surface area contributed by atoms with Gasteiger partial charge in [-0.1, -0.05) is 30.3 Å². The second-order valence-corrected chi connectivity index (χ2v) is 8.51. The van der Waals surface area contributed by atoms with E-state index in [1.54, 1.807) is 25.3 Å². The number of carbonyl (C=O) groups is 1. The smallest absolute Gasteiger partial charge is 0.251 e. The maximum Gasteiger partial charge on any atom is 0.251 e. The molecule has 3 rings (SSSR count). The van der Waals surface area contributed by atoms with Crippen molar-refractivity contribution in [3.05, 3.63) is 65.2 Å². The molecular formula is C20H24N2O4S. The normalized spacial score (nSPS) is 15.0. The van der Waals surface area contributed by atoms with Gasteiger partial charge in [-0.25, -0.2) is 8.42 Å². The minimum atomic E-state index is -3.53. The van der Waals surface area contributed by atoms with Gasteiger partial charge in [0.05, 0.1) is 11.5 Å². The van der Waals surface area contributed by atoms with Gasteiger partial charge in [-0.3, -0.25) is 4.79 Å². The average molecular weight is 388 g/mol. The summed E-state index contributed by atoms with van der Waals surface area (Å²) in [6, 6.07) is 14.0. The molecule has 144 valence electrons. The molecule has 1 amide bonds. The summed E-state index contributed by atoms with van der Waals surface area (Å²) in [6.45, 7) is 1.95. The molecule has 1 fully saturated rings. The fourth-order valence-corrected chi connectivity index (χ4v) is 4.72. The molecule has 1 aliphatic heterocycles. The highest BCUT2D eigenvalue weighted by Gasteiger charge is 2.27. The minimum absolute atomic E-state index is 0.166. The highest BCUT2D eigenvalue weighted by molar-refractivity contribution is 7.89. The van der Waals surface area contributed by atoms with Gasteiger partial charge in [0.2, 0.25) is 10.0 Å². The van der Waals surface area contributed by atoms with Gasteiger partial charge >= 0.3 is 0 Å². The van der Waals surface area contributed by atoms with E-state index < -0.39 is 10.0 Å². The second kappa shape index (κ2) is 8.65. The topological polar surface area (TPSA) is 75.7 Å². The van der Waals surface area contributed by atoms with Gasteiger partial charge in [0.1, 0.15) is 0 Å².